The molecule has 4 nitrogen and oxygen atoms in total. The molecule has 42 heavy (non-hydrogen) atoms. The van der Waals surface area contributed by atoms with Gasteiger partial charge in [-0.2, -0.15) is 11.8 Å². The molecule has 1 aromatic heterocycles. The number of aromatic nitrogens is 1. The van der Waals surface area contributed by atoms with Crippen molar-refractivity contribution in [2.75, 3.05) is 12.8 Å². The lowest BCUT2D eigenvalue weighted by molar-refractivity contribution is -0.138. The summed E-state index contributed by atoms with van der Waals surface area (Å²) < 4.78 is 28.5. The number of fused-ring (bicyclic) bond motifs is 1. The van der Waals surface area contributed by atoms with Gasteiger partial charge in [0.25, 0.3) is 0 Å². The zero-order valence-electron chi connectivity index (χ0n) is 27.0. The van der Waals surface area contributed by atoms with E-state index in [0.717, 1.165) is 64.7 Å². The second-order valence-corrected chi connectivity index (χ2v) is 13.4. The molecule has 0 spiro atoms. The summed E-state index contributed by atoms with van der Waals surface area (Å²) in [7, 11) is -2.51. The lowest BCUT2D eigenvalue weighted by Crippen LogP contribution is -2.21. The van der Waals surface area contributed by atoms with E-state index in [1.54, 1.807) is 13.8 Å². The van der Waals surface area contributed by atoms with E-state index in [0.29, 0.717) is 5.02 Å². The van der Waals surface area contributed by atoms with E-state index in [2.05, 4.69) is 30.3 Å². The summed E-state index contributed by atoms with van der Waals surface area (Å²) in [6.07, 6.45) is 7.65. The van der Waals surface area contributed by atoms with E-state index in [9.17, 15) is 9.90 Å². The molecule has 5 rings (SSSR count). The molecule has 1 N–H and O–H groups in total. The van der Waals surface area contributed by atoms with Gasteiger partial charge in [-0.15, -0.1) is 0 Å². The highest BCUT2D eigenvalue weighted by Gasteiger charge is 2.44. The fourth-order valence-corrected chi connectivity index (χ4v) is 7.14. The third-order valence-corrected chi connectivity index (χ3v) is 10.0. The maximum absolute atomic E-state index is 11.6. The first-order valence-electron chi connectivity index (χ1n) is 15.8. The predicted octanol–water partition coefficient (Wildman–Crippen LogP) is 9.60. The Balaban J connectivity index is 1.38. The number of ether oxygens (including phenoxy) is 1. The maximum atomic E-state index is 11.6. The fourth-order valence-electron chi connectivity index (χ4n) is 5.40. The number of carboxylic acid groups (broad SMARTS) is 1. The van der Waals surface area contributed by atoms with Crippen molar-refractivity contribution >= 4 is 52.4 Å². The Morgan fingerprint density at radius 3 is 2.71 bits per heavy atom. The maximum Gasteiger partial charge on any atom is 0.303 e. The molecule has 6 heteroatoms. The van der Waals surface area contributed by atoms with Crippen molar-refractivity contribution in [3.05, 3.63) is 112 Å². The molecule has 1 aliphatic carbocycles. The molecular formula is C36H38ClNO3S. The quantitative estimate of drug-likeness (QED) is 0.165. The van der Waals surface area contributed by atoms with Crippen LogP contribution in [0.3, 0.4) is 0 Å². The Morgan fingerprint density at radius 2 is 1.93 bits per heavy atom. The minimum atomic E-state index is -2.51. The summed E-state index contributed by atoms with van der Waals surface area (Å²) in [5, 5.41) is 11.3. The SMILES string of the molecule is [2H]C([2H])([2H])OC(C)(C)c1ccccc1CC[C@@H](SCC1(CC(=O)O)CC1)c1cccc(/C=C/c2ccc3ccc(Cl)cc3n2)c1. The zero-order chi connectivity index (χ0) is 32.2. The van der Waals surface area contributed by atoms with Crippen LogP contribution in [0.15, 0.2) is 78.9 Å². The normalized spacial score (nSPS) is 16.6. The smallest absolute Gasteiger partial charge is 0.303 e. The fraction of sp³-hybridized carbons (Fsp3) is 0.333. The van der Waals surface area contributed by atoms with Crippen molar-refractivity contribution < 1.29 is 18.8 Å². The van der Waals surface area contributed by atoms with Crippen LogP contribution in [0.5, 0.6) is 0 Å². The lowest BCUT2D eigenvalue weighted by Gasteiger charge is -2.27. The molecule has 1 aliphatic rings. The molecule has 0 radical (unpaired) electrons. The first kappa shape index (κ1) is 26.5. The van der Waals surface area contributed by atoms with Crippen molar-refractivity contribution in [1.29, 1.82) is 0 Å². The Kier molecular flexibility index (Phi) is 8.22. The summed E-state index contributed by atoms with van der Waals surface area (Å²) in [6.45, 7) is 3.59. The van der Waals surface area contributed by atoms with E-state index in [4.69, 9.17) is 25.4 Å². The molecule has 1 saturated carbocycles. The van der Waals surface area contributed by atoms with Crippen LogP contribution in [0, 0.1) is 5.41 Å². The zero-order valence-corrected chi connectivity index (χ0v) is 25.5. The number of thioether (sulfide) groups is 1. The van der Waals surface area contributed by atoms with Gasteiger partial charge in [-0.25, -0.2) is 4.98 Å². The van der Waals surface area contributed by atoms with Crippen LogP contribution in [0.25, 0.3) is 23.1 Å². The number of pyridine rings is 1. The highest BCUT2D eigenvalue weighted by molar-refractivity contribution is 7.99. The van der Waals surface area contributed by atoms with Crippen molar-refractivity contribution in [3.63, 3.8) is 0 Å². The van der Waals surface area contributed by atoms with Gasteiger partial charge < -0.3 is 9.84 Å². The van der Waals surface area contributed by atoms with E-state index >= 15 is 0 Å². The number of aryl methyl sites for hydroxylation is 1. The number of rotatable bonds is 13. The van der Waals surface area contributed by atoms with Gasteiger partial charge in [-0.1, -0.05) is 78.3 Å². The minimum absolute atomic E-state index is 0.116. The van der Waals surface area contributed by atoms with Crippen LogP contribution in [0.1, 0.15) is 76.8 Å². The molecule has 3 aromatic carbocycles. The molecule has 4 aromatic rings. The van der Waals surface area contributed by atoms with Crippen molar-refractivity contribution in [1.82, 2.24) is 4.98 Å². The van der Waals surface area contributed by atoms with Gasteiger partial charge in [0.2, 0.25) is 0 Å². The molecular weight excluding hydrogens is 562 g/mol. The molecule has 0 unspecified atom stereocenters. The third-order valence-electron chi connectivity index (χ3n) is 8.08. The number of nitrogens with zero attached hydrogens (tertiary/aromatic N) is 1. The summed E-state index contributed by atoms with van der Waals surface area (Å²) >= 11 is 8.00. The number of hydrogen-bond donors (Lipinski definition) is 1. The first-order chi connectivity index (χ1) is 21.3. The molecule has 1 atom stereocenters. The number of halogens is 1. The van der Waals surface area contributed by atoms with Crippen LogP contribution in [0.4, 0.5) is 0 Å². The molecule has 0 bridgehead atoms. The Labute approximate surface area is 262 Å². The topological polar surface area (TPSA) is 59.4 Å². The van der Waals surface area contributed by atoms with Gasteiger partial charge >= 0.3 is 5.97 Å². The second kappa shape index (κ2) is 13.0. The van der Waals surface area contributed by atoms with Gasteiger partial charge in [0.1, 0.15) is 0 Å². The highest BCUT2D eigenvalue weighted by atomic mass is 35.5. The molecule has 0 aliphatic heterocycles. The monoisotopic (exact) mass is 602 g/mol. The Bertz CT molecular complexity index is 1700. The second-order valence-electron chi connectivity index (χ2n) is 11.8. The van der Waals surface area contributed by atoms with Crippen LogP contribution < -0.4 is 0 Å². The number of aliphatic carboxylic acids is 1. The summed E-state index contributed by atoms with van der Waals surface area (Å²) in [5.74, 6) is 0.0369. The van der Waals surface area contributed by atoms with Crippen molar-refractivity contribution in [2.24, 2.45) is 5.41 Å². The van der Waals surface area contributed by atoms with Gasteiger partial charge in [0.05, 0.1) is 27.3 Å². The van der Waals surface area contributed by atoms with Gasteiger partial charge in [-0.05, 0) is 91.5 Å². The number of benzene rings is 3. The number of carbonyl (C=O) groups is 1. The van der Waals surface area contributed by atoms with E-state index in [-0.39, 0.29) is 17.1 Å². The molecule has 1 fully saturated rings. The van der Waals surface area contributed by atoms with Crippen molar-refractivity contribution in [3.8, 4) is 0 Å². The van der Waals surface area contributed by atoms with Crippen LogP contribution in [-0.4, -0.2) is 28.9 Å². The Morgan fingerprint density at radius 1 is 1.12 bits per heavy atom. The Hall–Kier alpha value is -3.12. The third kappa shape index (κ3) is 7.63. The largest absolute Gasteiger partial charge is 0.481 e. The van der Waals surface area contributed by atoms with Gasteiger partial charge in [0.15, 0.2) is 0 Å². The van der Waals surface area contributed by atoms with E-state index < -0.39 is 18.6 Å². The van der Waals surface area contributed by atoms with Crippen LogP contribution >= 0.6 is 23.4 Å². The summed E-state index contributed by atoms with van der Waals surface area (Å²) in [4.78, 5) is 16.3. The van der Waals surface area contributed by atoms with Gasteiger partial charge in [0, 0.05) is 28.4 Å². The first-order valence-corrected chi connectivity index (χ1v) is 15.7. The van der Waals surface area contributed by atoms with Crippen LogP contribution in [-0.2, 0) is 21.6 Å². The van der Waals surface area contributed by atoms with Crippen LogP contribution in [0.2, 0.25) is 5.02 Å². The lowest BCUT2D eigenvalue weighted by atomic mass is 9.90. The summed E-state index contributed by atoms with van der Waals surface area (Å²) in [6, 6.07) is 26.0. The minimum Gasteiger partial charge on any atom is -0.481 e. The standard InChI is InChI=1S/C36H38ClNO3S/c1-35(2,41-3)31-10-5-4-8-26(31)14-18-33(42-24-36(19-20-36)23-34(39)40)28-9-6-7-25(21-28)11-16-30-17-13-27-12-15-29(37)22-32(27)38-30/h4-13,15-17,21-22,33H,14,18-20,23-24H2,1-3H3,(H,39,40)/b16-11+/t33-/m1/s1/i3D3. The number of methoxy groups -OCH3 is 1. The highest BCUT2D eigenvalue weighted by Crippen LogP contribution is 2.53. The van der Waals surface area contributed by atoms with Gasteiger partial charge in [-0.3, -0.25) is 4.79 Å². The van der Waals surface area contributed by atoms with E-state index in [1.165, 1.54) is 5.56 Å². The molecule has 0 saturated heterocycles. The molecule has 218 valence electrons. The average Bonchev–Trinajstić information content (AvgIpc) is 3.73. The predicted molar refractivity (Wildman–Crippen MR) is 176 cm³/mol. The van der Waals surface area contributed by atoms with Crippen molar-refractivity contribution in [2.45, 2.75) is 56.8 Å². The number of carboxylic acids is 1. The molecule has 0 amide bonds. The number of hydrogen-bond acceptors (Lipinski definition) is 4. The average molecular weight is 603 g/mol. The summed E-state index contributed by atoms with van der Waals surface area (Å²) in [5.41, 5.74) is 4.67. The van der Waals surface area contributed by atoms with E-state index in [1.807, 2.05) is 72.4 Å². The molecule has 1 heterocycles.